The number of benzene rings is 1. The molecule has 1 aromatic rings. The lowest BCUT2D eigenvalue weighted by molar-refractivity contribution is -0.181. The Balaban J connectivity index is 1.55. The van der Waals surface area contributed by atoms with Crippen molar-refractivity contribution < 1.29 is 38.6 Å². The van der Waals surface area contributed by atoms with Gasteiger partial charge in [0.25, 0.3) is 0 Å². The number of likely N-dealkylation sites (N-methyl/N-ethyl adjacent to an activating group) is 1. The van der Waals surface area contributed by atoms with Gasteiger partial charge in [0.05, 0.1) is 17.5 Å². The molecule has 10 nitrogen and oxygen atoms in total. The first-order valence-corrected chi connectivity index (χ1v) is 13.8. The summed E-state index contributed by atoms with van der Waals surface area (Å²) >= 11 is 0. The summed E-state index contributed by atoms with van der Waals surface area (Å²) in [7, 11) is 3.03. The maximum Gasteiger partial charge on any atom is 0.235 e. The molecule has 4 N–H and O–H groups in total. The Morgan fingerprint density at radius 1 is 1.18 bits per heavy atom. The molecule has 3 saturated carbocycles. The summed E-state index contributed by atoms with van der Waals surface area (Å²) in [5.41, 5.74) is 2.44. The summed E-state index contributed by atoms with van der Waals surface area (Å²) in [6, 6.07) is 0.148. The van der Waals surface area contributed by atoms with Crippen LogP contribution in [0.2, 0.25) is 0 Å². The van der Waals surface area contributed by atoms with Crippen LogP contribution in [0, 0.1) is 35.4 Å². The average molecular weight is 558 g/mol. The van der Waals surface area contributed by atoms with Crippen LogP contribution in [0.4, 0.5) is 4.39 Å². The number of nitrogens with zero attached hydrogens (tertiary/aromatic N) is 2. The molecular formula is C29H36FN3O7. The van der Waals surface area contributed by atoms with E-state index in [9.17, 15) is 34.2 Å². The van der Waals surface area contributed by atoms with Crippen LogP contribution in [0.3, 0.4) is 0 Å². The standard InChI is InChI=1S/C29H36FN3O7/c1-12(2)33(10-13-5-6-13)11-15-9-18(34)20-16(22(15)30)7-14-8-17-23(32(3)4)25(36)21(28(31)39)27(38)29(17,40)26(37)19(14)24(20)35/h9,12-14,17,19,21,23,34,40H,5-8,10-11H2,1-4H3,(H2,31,39)/t14-,17-,19?,21?,23-,29-/m0/s1. The van der Waals surface area contributed by atoms with Crippen molar-refractivity contribution in [3.63, 3.8) is 0 Å². The molecule has 0 bridgehead atoms. The van der Waals surface area contributed by atoms with E-state index in [0.717, 1.165) is 19.4 Å². The van der Waals surface area contributed by atoms with Crippen molar-refractivity contribution in [1.82, 2.24) is 9.80 Å². The number of Topliss-reactive ketones (excluding diaryl/α,β-unsaturated/α-hetero) is 4. The van der Waals surface area contributed by atoms with Crippen molar-refractivity contribution in [3.05, 3.63) is 28.6 Å². The highest BCUT2D eigenvalue weighted by Crippen LogP contribution is 2.51. The molecule has 0 saturated heterocycles. The van der Waals surface area contributed by atoms with Crippen LogP contribution in [0.25, 0.3) is 0 Å². The van der Waals surface area contributed by atoms with E-state index in [-0.39, 0.29) is 42.1 Å². The maximum absolute atomic E-state index is 16.0. The van der Waals surface area contributed by atoms with Gasteiger partial charge in [0.2, 0.25) is 5.91 Å². The number of hydrogen-bond donors (Lipinski definition) is 3. The molecule has 2 unspecified atom stereocenters. The van der Waals surface area contributed by atoms with E-state index in [2.05, 4.69) is 4.90 Å². The number of phenolic OH excluding ortho intramolecular Hbond substituents is 1. The van der Waals surface area contributed by atoms with E-state index in [4.69, 9.17) is 5.73 Å². The minimum Gasteiger partial charge on any atom is -0.507 e. The molecule has 0 aliphatic heterocycles. The molecular weight excluding hydrogens is 521 g/mol. The van der Waals surface area contributed by atoms with Crippen molar-refractivity contribution in [2.75, 3.05) is 20.6 Å². The Morgan fingerprint density at radius 3 is 2.38 bits per heavy atom. The van der Waals surface area contributed by atoms with Gasteiger partial charge in [-0.15, -0.1) is 0 Å². The highest BCUT2D eigenvalue weighted by molar-refractivity contribution is 6.32. The van der Waals surface area contributed by atoms with Crippen LogP contribution >= 0.6 is 0 Å². The van der Waals surface area contributed by atoms with E-state index in [1.54, 1.807) is 0 Å². The number of rotatable bonds is 7. The minimum absolute atomic E-state index is 0.000467. The third-order valence-corrected chi connectivity index (χ3v) is 9.36. The third kappa shape index (κ3) is 4.21. The fourth-order valence-electron chi connectivity index (χ4n) is 7.13. The van der Waals surface area contributed by atoms with Crippen LogP contribution in [0.1, 0.15) is 54.6 Å². The number of carbonyl (C=O) groups is 5. The molecule has 11 heteroatoms. The van der Waals surface area contributed by atoms with Crippen LogP contribution in [-0.2, 0) is 32.1 Å². The van der Waals surface area contributed by atoms with Crippen LogP contribution < -0.4 is 5.73 Å². The molecule has 0 radical (unpaired) electrons. The van der Waals surface area contributed by atoms with Crippen LogP contribution in [0.5, 0.6) is 5.75 Å². The number of phenols is 1. The number of halogens is 1. The predicted octanol–water partition coefficient (Wildman–Crippen LogP) is 0.627. The van der Waals surface area contributed by atoms with Crippen LogP contribution in [0.15, 0.2) is 6.07 Å². The zero-order chi connectivity index (χ0) is 29.4. The fraction of sp³-hybridized carbons (Fsp3) is 0.621. The molecule has 40 heavy (non-hydrogen) atoms. The van der Waals surface area contributed by atoms with Crippen LogP contribution in [-0.4, -0.2) is 87.4 Å². The Labute approximate surface area is 231 Å². The molecule has 4 aliphatic carbocycles. The first-order chi connectivity index (χ1) is 18.7. The summed E-state index contributed by atoms with van der Waals surface area (Å²) in [5.74, 6) is -11.6. The van der Waals surface area contributed by atoms with E-state index in [1.165, 1.54) is 25.1 Å². The molecule has 6 atom stereocenters. The zero-order valence-corrected chi connectivity index (χ0v) is 23.1. The fourth-order valence-corrected chi connectivity index (χ4v) is 7.13. The summed E-state index contributed by atoms with van der Waals surface area (Å²) in [4.78, 5) is 69.6. The van der Waals surface area contributed by atoms with Gasteiger partial charge < -0.3 is 15.9 Å². The molecule has 1 amide bonds. The number of nitrogens with two attached hydrogens (primary N) is 1. The molecule has 5 rings (SSSR count). The lowest BCUT2D eigenvalue weighted by atomic mass is 9.52. The van der Waals surface area contributed by atoms with Gasteiger partial charge in [-0.3, -0.25) is 33.8 Å². The average Bonchev–Trinajstić information content (AvgIpc) is 3.67. The van der Waals surface area contributed by atoms with Gasteiger partial charge in [-0.05, 0) is 71.5 Å². The second-order valence-corrected chi connectivity index (χ2v) is 12.5. The number of aromatic hydroxyl groups is 1. The van der Waals surface area contributed by atoms with Gasteiger partial charge in [0, 0.05) is 36.2 Å². The molecule has 0 spiro atoms. The quantitative estimate of drug-likeness (QED) is 0.409. The summed E-state index contributed by atoms with van der Waals surface area (Å²) in [5, 5.41) is 22.5. The number of fused-ring (bicyclic) bond motifs is 3. The van der Waals surface area contributed by atoms with Gasteiger partial charge in [-0.1, -0.05) is 0 Å². The maximum atomic E-state index is 16.0. The first kappa shape index (κ1) is 28.5. The largest absolute Gasteiger partial charge is 0.507 e. The topological polar surface area (TPSA) is 158 Å². The van der Waals surface area contributed by atoms with Gasteiger partial charge >= 0.3 is 0 Å². The smallest absolute Gasteiger partial charge is 0.235 e. The SMILES string of the molecule is CC(C)N(Cc1cc(O)c2c(c1F)C[C@H]1C[C@H]3[C@H](N(C)C)C(=O)C(C(N)=O)C(=O)[C@@]3(O)C(=O)C1C2=O)CC1CC1. The summed E-state index contributed by atoms with van der Waals surface area (Å²) < 4.78 is 16.0. The third-order valence-electron chi connectivity index (χ3n) is 9.36. The van der Waals surface area contributed by atoms with Crippen molar-refractivity contribution >= 4 is 29.0 Å². The molecule has 0 aromatic heterocycles. The molecule has 0 heterocycles. The van der Waals surface area contributed by atoms with E-state index in [0.29, 0.717) is 5.92 Å². The second-order valence-electron chi connectivity index (χ2n) is 12.5. The number of primary amides is 1. The Bertz CT molecular complexity index is 1320. The Kier molecular flexibility index (Phi) is 6.99. The first-order valence-electron chi connectivity index (χ1n) is 13.8. The van der Waals surface area contributed by atoms with Crippen molar-refractivity contribution in [3.8, 4) is 5.75 Å². The number of carbonyl (C=O) groups excluding carboxylic acids is 5. The predicted molar refractivity (Wildman–Crippen MR) is 140 cm³/mol. The van der Waals surface area contributed by atoms with Crippen molar-refractivity contribution in [2.45, 2.75) is 63.8 Å². The van der Waals surface area contributed by atoms with E-state index in [1.807, 2.05) is 13.8 Å². The number of hydrogen-bond acceptors (Lipinski definition) is 9. The number of amides is 1. The lowest BCUT2D eigenvalue weighted by Gasteiger charge is -2.52. The minimum atomic E-state index is -2.80. The molecule has 3 fully saturated rings. The molecule has 4 aliphatic rings. The summed E-state index contributed by atoms with van der Waals surface area (Å²) in [6.45, 7) is 5.06. The van der Waals surface area contributed by atoms with Crippen molar-refractivity contribution in [2.24, 2.45) is 35.3 Å². The monoisotopic (exact) mass is 557 g/mol. The Morgan fingerprint density at radius 2 is 1.82 bits per heavy atom. The van der Waals surface area contributed by atoms with E-state index < -0.39 is 75.9 Å². The highest BCUT2D eigenvalue weighted by Gasteiger charge is 2.69. The highest BCUT2D eigenvalue weighted by atomic mass is 19.1. The zero-order valence-electron chi connectivity index (χ0n) is 23.1. The number of aliphatic hydroxyl groups is 1. The Hall–Kier alpha value is -3.02. The van der Waals surface area contributed by atoms with Gasteiger partial charge in [0.15, 0.2) is 34.7 Å². The number of ketones is 4. The van der Waals surface area contributed by atoms with Gasteiger partial charge in [-0.2, -0.15) is 0 Å². The van der Waals surface area contributed by atoms with Gasteiger partial charge in [-0.25, -0.2) is 4.39 Å². The van der Waals surface area contributed by atoms with E-state index >= 15 is 4.39 Å². The normalized spacial score (nSPS) is 32.0. The lowest BCUT2D eigenvalue weighted by Crippen LogP contribution is -2.74. The molecule has 216 valence electrons. The van der Waals surface area contributed by atoms with Crippen molar-refractivity contribution in [1.29, 1.82) is 0 Å². The van der Waals surface area contributed by atoms with Gasteiger partial charge in [0.1, 0.15) is 11.6 Å². The summed E-state index contributed by atoms with van der Waals surface area (Å²) in [6.07, 6.45) is 2.04. The molecule has 1 aromatic carbocycles. The second kappa shape index (κ2) is 9.81.